The number of benzene rings is 1. The Balaban J connectivity index is 1.97. The van der Waals surface area contributed by atoms with E-state index in [1.165, 1.54) is 0 Å². The van der Waals surface area contributed by atoms with Crippen LogP contribution < -0.4 is 21.7 Å². The van der Waals surface area contributed by atoms with Gasteiger partial charge >= 0.3 is 6.03 Å². The maximum Gasteiger partial charge on any atom is 0.318 e. The molecule has 20 heavy (non-hydrogen) atoms. The second-order valence-electron chi connectivity index (χ2n) is 5.04. The van der Waals surface area contributed by atoms with Crippen molar-refractivity contribution in [3.63, 3.8) is 0 Å². The van der Waals surface area contributed by atoms with Crippen molar-refractivity contribution < 1.29 is 9.59 Å². The highest BCUT2D eigenvalue weighted by molar-refractivity contribution is 5.94. The van der Waals surface area contributed by atoms with Gasteiger partial charge in [-0.15, -0.1) is 0 Å². The number of nitrogens with one attached hydrogen (secondary N) is 3. The van der Waals surface area contributed by atoms with Gasteiger partial charge < -0.3 is 21.7 Å². The minimum Gasteiger partial charge on any atom is -0.341 e. The Labute approximate surface area is 118 Å². The Morgan fingerprint density at radius 1 is 1.20 bits per heavy atom. The average Bonchev–Trinajstić information content (AvgIpc) is 2.86. The number of hydrogen-bond donors (Lipinski definition) is 4. The molecule has 3 amide bonds. The summed E-state index contributed by atoms with van der Waals surface area (Å²) in [5, 5.41) is 8.00. The summed E-state index contributed by atoms with van der Waals surface area (Å²) < 4.78 is 0. The smallest absolute Gasteiger partial charge is 0.318 e. The first-order valence-corrected chi connectivity index (χ1v) is 6.73. The lowest BCUT2D eigenvalue weighted by Crippen LogP contribution is -2.25. The number of amides is 3. The van der Waals surface area contributed by atoms with Gasteiger partial charge in [-0.1, -0.05) is 6.07 Å². The molecule has 0 radical (unpaired) electrons. The van der Waals surface area contributed by atoms with E-state index in [0.29, 0.717) is 11.4 Å². The van der Waals surface area contributed by atoms with E-state index in [4.69, 9.17) is 5.73 Å². The summed E-state index contributed by atoms with van der Waals surface area (Å²) in [4.78, 5) is 23.3. The molecule has 5 N–H and O–H groups in total. The van der Waals surface area contributed by atoms with Gasteiger partial charge in [0.05, 0.1) is 0 Å². The standard InChI is InChI=1S/C14H20N4O2/c1-16-14(20)18-12-4-2-3-11(8-12)17-13(19)9-5-6-10(15)7-9/h2-4,8-10H,5-7,15H2,1H3,(H,17,19)(H2,16,18,20). The zero-order chi connectivity index (χ0) is 14.5. The molecule has 108 valence electrons. The molecule has 6 heteroatoms. The molecule has 1 saturated carbocycles. The maximum atomic E-state index is 12.1. The Morgan fingerprint density at radius 3 is 2.50 bits per heavy atom. The summed E-state index contributed by atoms with van der Waals surface area (Å²) in [6, 6.07) is 6.89. The van der Waals surface area contributed by atoms with Gasteiger partial charge in [0.2, 0.25) is 5.91 Å². The van der Waals surface area contributed by atoms with Crippen LogP contribution in [-0.2, 0) is 4.79 Å². The molecule has 0 spiro atoms. The van der Waals surface area contributed by atoms with E-state index in [1.807, 2.05) is 0 Å². The molecule has 0 bridgehead atoms. The summed E-state index contributed by atoms with van der Waals surface area (Å²) >= 11 is 0. The van der Waals surface area contributed by atoms with Gasteiger partial charge in [-0.3, -0.25) is 4.79 Å². The van der Waals surface area contributed by atoms with Crippen molar-refractivity contribution in [3.8, 4) is 0 Å². The molecular formula is C14H20N4O2. The highest BCUT2D eigenvalue weighted by atomic mass is 16.2. The molecule has 2 rings (SSSR count). The summed E-state index contributed by atoms with van der Waals surface area (Å²) in [6.45, 7) is 0. The molecule has 0 saturated heterocycles. The van der Waals surface area contributed by atoms with Crippen LogP contribution in [0.5, 0.6) is 0 Å². The van der Waals surface area contributed by atoms with Crippen molar-refractivity contribution in [2.45, 2.75) is 25.3 Å². The Bertz CT molecular complexity index is 504. The lowest BCUT2D eigenvalue weighted by Gasteiger charge is -2.12. The zero-order valence-electron chi connectivity index (χ0n) is 11.5. The fraction of sp³-hybridized carbons (Fsp3) is 0.429. The van der Waals surface area contributed by atoms with Crippen LogP contribution in [-0.4, -0.2) is 25.0 Å². The second-order valence-corrected chi connectivity index (χ2v) is 5.04. The van der Waals surface area contributed by atoms with E-state index in [2.05, 4.69) is 16.0 Å². The molecule has 2 unspecified atom stereocenters. The number of carbonyl (C=O) groups is 2. The summed E-state index contributed by atoms with van der Waals surface area (Å²) in [6.07, 6.45) is 2.47. The minimum atomic E-state index is -0.296. The van der Waals surface area contributed by atoms with E-state index in [0.717, 1.165) is 19.3 Å². The number of hydrogen-bond acceptors (Lipinski definition) is 3. The molecule has 1 aromatic carbocycles. The maximum absolute atomic E-state index is 12.1. The largest absolute Gasteiger partial charge is 0.341 e. The molecular weight excluding hydrogens is 256 g/mol. The lowest BCUT2D eigenvalue weighted by molar-refractivity contribution is -0.119. The number of nitrogens with two attached hydrogens (primary N) is 1. The zero-order valence-corrected chi connectivity index (χ0v) is 11.5. The Hall–Kier alpha value is -2.08. The van der Waals surface area contributed by atoms with E-state index in [-0.39, 0.29) is 23.9 Å². The highest BCUT2D eigenvalue weighted by Gasteiger charge is 2.27. The van der Waals surface area contributed by atoms with Crippen molar-refractivity contribution >= 4 is 23.3 Å². The Kier molecular flexibility index (Phi) is 4.57. The van der Waals surface area contributed by atoms with Crippen molar-refractivity contribution in [2.75, 3.05) is 17.7 Å². The van der Waals surface area contributed by atoms with Crippen LogP contribution >= 0.6 is 0 Å². The van der Waals surface area contributed by atoms with Gasteiger partial charge in [0.15, 0.2) is 0 Å². The van der Waals surface area contributed by atoms with Gasteiger partial charge in [-0.05, 0) is 37.5 Å². The SMILES string of the molecule is CNC(=O)Nc1cccc(NC(=O)C2CCC(N)C2)c1. The van der Waals surface area contributed by atoms with Crippen molar-refractivity contribution in [1.82, 2.24) is 5.32 Å². The van der Waals surface area contributed by atoms with E-state index >= 15 is 0 Å². The molecule has 6 nitrogen and oxygen atoms in total. The van der Waals surface area contributed by atoms with Crippen molar-refractivity contribution in [2.24, 2.45) is 11.7 Å². The molecule has 1 aromatic rings. The third-order valence-electron chi connectivity index (χ3n) is 3.46. The van der Waals surface area contributed by atoms with Gasteiger partial charge in [0.1, 0.15) is 0 Å². The normalized spacial score (nSPS) is 21.3. The van der Waals surface area contributed by atoms with Crippen LogP contribution in [0.4, 0.5) is 16.2 Å². The van der Waals surface area contributed by atoms with E-state index < -0.39 is 0 Å². The predicted octanol–water partition coefficient (Wildman–Crippen LogP) is 1.50. The van der Waals surface area contributed by atoms with Gasteiger partial charge in [-0.25, -0.2) is 4.79 Å². The van der Waals surface area contributed by atoms with Crippen LogP contribution in [0.1, 0.15) is 19.3 Å². The summed E-state index contributed by atoms with van der Waals surface area (Å²) in [5.74, 6) is -0.0180. The van der Waals surface area contributed by atoms with Crippen LogP contribution in [0.25, 0.3) is 0 Å². The van der Waals surface area contributed by atoms with Gasteiger partial charge in [0.25, 0.3) is 0 Å². The molecule has 2 atom stereocenters. The fourth-order valence-electron chi connectivity index (χ4n) is 2.37. The first-order valence-electron chi connectivity index (χ1n) is 6.73. The number of anilines is 2. The first-order chi connectivity index (χ1) is 9.58. The van der Waals surface area contributed by atoms with Crippen molar-refractivity contribution in [1.29, 1.82) is 0 Å². The molecule has 1 aliphatic carbocycles. The molecule has 0 aliphatic heterocycles. The van der Waals surface area contributed by atoms with Crippen LogP contribution in [0.3, 0.4) is 0 Å². The van der Waals surface area contributed by atoms with E-state index in [1.54, 1.807) is 31.3 Å². The molecule has 1 fully saturated rings. The third kappa shape index (κ3) is 3.71. The van der Waals surface area contributed by atoms with Gasteiger partial charge in [-0.2, -0.15) is 0 Å². The summed E-state index contributed by atoms with van der Waals surface area (Å²) in [7, 11) is 1.55. The molecule has 0 aromatic heterocycles. The average molecular weight is 276 g/mol. The third-order valence-corrected chi connectivity index (χ3v) is 3.46. The quantitative estimate of drug-likeness (QED) is 0.673. The number of rotatable bonds is 3. The van der Waals surface area contributed by atoms with E-state index in [9.17, 15) is 9.59 Å². The highest BCUT2D eigenvalue weighted by Crippen LogP contribution is 2.26. The van der Waals surface area contributed by atoms with Crippen LogP contribution in [0.2, 0.25) is 0 Å². The monoisotopic (exact) mass is 276 g/mol. The second kappa shape index (κ2) is 6.38. The predicted molar refractivity (Wildman–Crippen MR) is 78.5 cm³/mol. The van der Waals surface area contributed by atoms with Crippen LogP contribution in [0.15, 0.2) is 24.3 Å². The minimum absolute atomic E-state index is 0.00459. The Morgan fingerprint density at radius 2 is 1.90 bits per heavy atom. The molecule has 1 aliphatic rings. The fourth-order valence-corrected chi connectivity index (χ4v) is 2.37. The van der Waals surface area contributed by atoms with Gasteiger partial charge in [0, 0.05) is 30.4 Å². The number of carbonyl (C=O) groups excluding carboxylic acids is 2. The van der Waals surface area contributed by atoms with Crippen LogP contribution in [0, 0.1) is 5.92 Å². The summed E-state index contributed by atoms with van der Waals surface area (Å²) in [5.41, 5.74) is 7.12. The number of urea groups is 1. The lowest BCUT2D eigenvalue weighted by atomic mass is 10.1. The van der Waals surface area contributed by atoms with Crippen molar-refractivity contribution in [3.05, 3.63) is 24.3 Å². The topological polar surface area (TPSA) is 96.2 Å². The first kappa shape index (κ1) is 14.3. The molecule has 0 heterocycles.